The summed E-state index contributed by atoms with van der Waals surface area (Å²) in [6.45, 7) is 2.72. The summed E-state index contributed by atoms with van der Waals surface area (Å²) in [5, 5.41) is 3.25. The Kier molecular flexibility index (Phi) is 3.04. The monoisotopic (exact) mass is 282 g/mol. The van der Waals surface area contributed by atoms with Crippen LogP contribution >= 0.6 is 15.9 Å². The SMILES string of the molecule is CCNC1(C(N)=O)CCc2c(Br)cccc21. The quantitative estimate of drug-likeness (QED) is 0.887. The number of hydrogen-bond donors (Lipinski definition) is 2. The van der Waals surface area contributed by atoms with Crippen LogP contribution in [-0.4, -0.2) is 12.5 Å². The molecule has 86 valence electrons. The molecule has 3 N–H and O–H groups in total. The molecule has 2 rings (SSSR count). The molecule has 1 aliphatic carbocycles. The first kappa shape index (κ1) is 11.6. The Morgan fingerprint density at radius 3 is 3.00 bits per heavy atom. The number of halogens is 1. The van der Waals surface area contributed by atoms with E-state index in [0.29, 0.717) is 0 Å². The number of amides is 1. The molecule has 0 spiro atoms. The first-order valence-corrected chi connectivity index (χ1v) is 6.24. The molecule has 0 aliphatic heterocycles. The molecule has 0 bridgehead atoms. The Bertz CT molecular complexity index is 433. The van der Waals surface area contributed by atoms with Crippen LogP contribution < -0.4 is 11.1 Å². The highest BCUT2D eigenvalue weighted by Gasteiger charge is 2.43. The molecule has 1 amide bonds. The molecule has 0 radical (unpaired) electrons. The van der Waals surface area contributed by atoms with Gasteiger partial charge in [0.05, 0.1) is 0 Å². The van der Waals surface area contributed by atoms with Gasteiger partial charge in [0.25, 0.3) is 0 Å². The molecular weight excluding hydrogens is 268 g/mol. The van der Waals surface area contributed by atoms with Crippen LogP contribution in [0.3, 0.4) is 0 Å². The molecule has 4 heteroatoms. The van der Waals surface area contributed by atoms with Crippen molar-refractivity contribution in [2.45, 2.75) is 25.3 Å². The topological polar surface area (TPSA) is 55.1 Å². The van der Waals surface area contributed by atoms with Crippen LogP contribution in [0, 0.1) is 0 Å². The Morgan fingerprint density at radius 1 is 1.62 bits per heavy atom. The summed E-state index contributed by atoms with van der Waals surface area (Å²) in [5.41, 5.74) is 7.12. The second kappa shape index (κ2) is 4.18. The third-order valence-electron chi connectivity index (χ3n) is 3.23. The summed E-state index contributed by atoms with van der Waals surface area (Å²) in [4.78, 5) is 11.7. The molecule has 1 unspecified atom stereocenters. The Balaban J connectivity index is 2.55. The number of nitrogens with one attached hydrogen (secondary N) is 1. The van der Waals surface area contributed by atoms with Crippen LogP contribution in [0.25, 0.3) is 0 Å². The van der Waals surface area contributed by atoms with Gasteiger partial charge >= 0.3 is 0 Å². The van der Waals surface area contributed by atoms with Crippen LogP contribution in [0.4, 0.5) is 0 Å². The van der Waals surface area contributed by atoms with Crippen LogP contribution in [0.5, 0.6) is 0 Å². The fraction of sp³-hybridized carbons (Fsp3) is 0.417. The van der Waals surface area contributed by atoms with Crippen LogP contribution in [0.15, 0.2) is 22.7 Å². The van der Waals surface area contributed by atoms with Gasteiger partial charge in [0.2, 0.25) is 5.91 Å². The molecule has 0 saturated carbocycles. The van der Waals surface area contributed by atoms with Crippen molar-refractivity contribution in [3.05, 3.63) is 33.8 Å². The van der Waals surface area contributed by atoms with Crippen molar-refractivity contribution in [3.8, 4) is 0 Å². The molecule has 0 heterocycles. The lowest BCUT2D eigenvalue weighted by molar-refractivity contribution is -0.124. The van der Waals surface area contributed by atoms with Crippen LogP contribution in [0.2, 0.25) is 0 Å². The van der Waals surface area contributed by atoms with E-state index in [1.165, 1.54) is 5.56 Å². The average Bonchev–Trinajstić information content (AvgIpc) is 2.61. The predicted octanol–water partition coefficient (Wildman–Crippen LogP) is 1.69. The lowest BCUT2D eigenvalue weighted by Gasteiger charge is -2.27. The highest BCUT2D eigenvalue weighted by atomic mass is 79.9. The molecule has 0 saturated heterocycles. The van der Waals surface area contributed by atoms with E-state index in [9.17, 15) is 4.79 Å². The summed E-state index contributed by atoms with van der Waals surface area (Å²) in [6.07, 6.45) is 1.63. The molecular formula is C12H15BrN2O. The van der Waals surface area contributed by atoms with Gasteiger partial charge in [0.15, 0.2) is 0 Å². The van der Waals surface area contributed by atoms with Crippen molar-refractivity contribution in [1.82, 2.24) is 5.32 Å². The van der Waals surface area contributed by atoms with E-state index in [1.54, 1.807) is 0 Å². The van der Waals surface area contributed by atoms with E-state index in [2.05, 4.69) is 21.2 Å². The normalized spacial score (nSPS) is 23.1. The van der Waals surface area contributed by atoms with E-state index in [1.807, 2.05) is 25.1 Å². The van der Waals surface area contributed by atoms with Crippen molar-refractivity contribution in [1.29, 1.82) is 0 Å². The zero-order valence-corrected chi connectivity index (χ0v) is 10.8. The molecule has 1 aromatic carbocycles. The van der Waals surface area contributed by atoms with Crippen molar-refractivity contribution in [3.63, 3.8) is 0 Å². The van der Waals surface area contributed by atoms with Gasteiger partial charge in [-0.15, -0.1) is 0 Å². The van der Waals surface area contributed by atoms with Gasteiger partial charge < -0.3 is 5.73 Å². The molecule has 0 fully saturated rings. The van der Waals surface area contributed by atoms with Crippen LogP contribution in [0.1, 0.15) is 24.5 Å². The third kappa shape index (κ3) is 1.57. The fourth-order valence-electron chi connectivity index (χ4n) is 2.49. The van der Waals surface area contributed by atoms with Crippen molar-refractivity contribution < 1.29 is 4.79 Å². The van der Waals surface area contributed by atoms with Gasteiger partial charge in [-0.25, -0.2) is 0 Å². The summed E-state index contributed by atoms with van der Waals surface area (Å²) in [5.74, 6) is -0.286. The standard InChI is InChI=1S/C12H15BrN2O/c1-2-15-12(11(14)16)7-6-8-9(12)4-3-5-10(8)13/h3-5,15H,2,6-7H2,1H3,(H2,14,16). The minimum atomic E-state index is -0.673. The average molecular weight is 283 g/mol. The van der Waals surface area contributed by atoms with Gasteiger partial charge in [-0.2, -0.15) is 0 Å². The number of fused-ring (bicyclic) bond motifs is 1. The minimum Gasteiger partial charge on any atom is -0.368 e. The van der Waals surface area contributed by atoms with Crippen LogP contribution in [-0.2, 0) is 16.8 Å². The number of carbonyl (C=O) groups excluding carboxylic acids is 1. The number of likely N-dealkylation sites (N-methyl/N-ethyl adjacent to an activating group) is 1. The largest absolute Gasteiger partial charge is 0.368 e. The van der Waals surface area contributed by atoms with E-state index in [0.717, 1.165) is 29.4 Å². The third-order valence-corrected chi connectivity index (χ3v) is 3.97. The van der Waals surface area contributed by atoms with E-state index in [4.69, 9.17) is 5.73 Å². The Morgan fingerprint density at radius 2 is 2.38 bits per heavy atom. The summed E-state index contributed by atoms with van der Waals surface area (Å²) in [6, 6.07) is 5.94. The first-order valence-electron chi connectivity index (χ1n) is 5.44. The highest BCUT2D eigenvalue weighted by Crippen LogP contribution is 2.39. The van der Waals surface area contributed by atoms with Gasteiger partial charge in [-0.05, 0) is 36.6 Å². The second-order valence-corrected chi connectivity index (χ2v) is 4.92. The summed E-state index contributed by atoms with van der Waals surface area (Å²) in [7, 11) is 0. The van der Waals surface area contributed by atoms with Gasteiger partial charge in [-0.3, -0.25) is 10.1 Å². The van der Waals surface area contributed by atoms with Crippen molar-refractivity contribution >= 4 is 21.8 Å². The first-order chi connectivity index (χ1) is 7.62. The lowest BCUT2D eigenvalue weighted by atomic mass is 9.91. The van der Waals surface area contributed by atoms with Crippen molar-refractivity contribution in [2.24, 2.45) is 5.73 Å². The zero-order chi connectivity index (χ0) is 11.8. The maximum atomic E-state index is 11.7. The lowest BCUT2D eigenvalue weighted by Crippen LogP contribution is -2.51. The number of primary amides is 1. The molecule has 1 aliphatic rings. The maximum absolute atomic E-state index is 11.7. The molecule has 3 nitrogen and oxygen atoms in total. The molecule has 16 heavy (non-hydrogen) atoms. The number of hydrogen-bond acceptors (Lipinski definition) is 2. The Labute approximate surface area is 104 Å². The van der Waals surface area contributed by atoms with Gasteiger partial charge in [0.1, 0.15) is 5.54 Å². The smallest absolute Gasteiger partial charge is 0.242 e. The highest BCUT2D eigenvalue weighted by molar-refractivity contribution is 9.10. The summed E-state index contributed by atoms with van der Waals surface area (Å²) >= 11 is 3.52. The van der Waals surface area contributed by atoms with E-state index >= 15 is 0 Å². The minimum absolute atomic E-state index is 0.286. The van der Waals surface area contributed by atoms with E-state index in [-0.39, 0.29) is 5.91 Å². The second-order valence-electron chi connectivity index (χ2n) is 4.07. The van der Waals surface area contributed by atoms with Crippen molar-refractivity contribution in [2.75, 3.05) is 6.54 Å². The zero-order valence-electron chi connectivity index (χ0n) is 9.22. The predicted molar refractivity (Wildman–Crippen MR) is 67.0 cm³/mol. The molecule has 1 aromatic rings. The Hall–Kier alpha value is -0.870. The van der Waals surface area contributed by atoms with E-state index < -0.39 is 5.54 Å². The number of nitrogens with two attached hydrogens (primary N) is 1. The van der Waals surface area contributed by atoms with Gasteiger partial charge in [0, 0.05) is 4.47 Å². The van der Waals surface area contributed by atoms with Gasteiger partial charge in [-0.1, -0.05) is 35.0 Å². The number of carbonyl (C=O) groups is 1. The molecule has 0 aromatic heterocycles. The fourth-order valence-corrected chi connectivity index (χ4v) is 3.05. The number of benzene rings is 1. The summed E-state index contributed by atoms with van der Waals surface area (Å²) < 4.78 is 1.06. The molecule has 1 atom stereocenters. The maximum Gasteiger partial charge on any atom is 0.242 e. The number of rotatable bonds is 3.